The summed E-state index contributed by atoms with van der Waals surface area (Å²) < 4.78 is 69.6. The first-order valence-electron chi connectivity index (χ1n) is 3.58. The fourth-order valence-corrected chi connectivity index (χ4v) is 3.02. The van der Waals surface area contributed by atoms with Crippen LogP contribution in [0.4, 0.5) is 8.78 Å². The summed E-state index contributed by atoms with van der Waals surface area (Å²) in [5, 5.41) is 9.21. The normalized spacial score (nSPS) is 12.8. The van der Waals surface area contributed by atoms with Crippen LogP contribution in [0.3, 0.4) is 0 Å². The van der Waals surface area contributed by atoms with Gasteiger partial charge in [0.05, 0.1) is 0 Å². The van der Waals surface area contributed by atoms with Crippen molar-refractivity contribution < 1.29 is 25.6 Å². The van der Waals surface area contributed by atoms with Gasteiger partial charge in [0.15, 0.2) is 0 Å². The van der Waals surface area contributed by atoms with Gasteiger partial charge in [0.1, 0.15) is 21.4 Å². The zero-order chi connectivity index (χ0) is 12.7. The molecule has 4 N–H and O–H groups in total. The molecule has 1 rings (SSSR count). The molecule has 0 saturated heterocycles. The molecule has 6 nitrogen and oxygen atoms in total. The third kappa shape index (κ3) is 2.52. The molecule has 16 heavy (non-hydrogen) atoms. The molecule has 0 aromatic heterocycles. The number of nitrogens with two attached hydrogens (primary N) is 2. The van der Waals surface area contributed by atoms with E-state index in [0.29, 0.717) is 0 Å². The minimum atomic E-state index is -4.66. The number of hydrogen-bond acceptors (Lipinski definition) is 4. The van der Waals surface area contributed by atoms with Gasteiger partial charge in [-0.1, -0.05) is 0 Å². The Hall–Kier alpha value is -1.10. The summed E-state index contributed by atoms with van der Waals surface area (Å²) in [4.78, 5) is -2.57. The summed E-state index contributed by atoms with van der Waals surface area (Å²) in [5.74, 6) is -2.90. The maximum Gasteiger partial charge on any atom is 0.242 e. The van der Waals surface area contributed by atoms with Crippen LogP contribution >= 0.6 is 0 Å². The Kier molecular flexibility index (Phi) is 3.02. The van der Waals surface area contributed by atoms with Crippen LogP contribution in [0.1, 0.15) is 0 Å². The highest BCUT2D eigenvalue weighted by molar-refractivity contribution is 7.92. The lowest BCUT2D eigenvalue weighted by Gasteiger charge is -2.06. The van der Waals surface area contributed by atoms with Crippen LogP contribution < -0.4 is 10.3 Å². The predicted octanol–water partition coefficient (Wildman–Crippen LogP) is -0.740. The van der Waals surface area contributed by atoms with Gasteiger partial charge >= 0.3 is 0 Å². The van der Waals surface area contributed by atoms with E-state index in [2.05, 4.69) is 10.3 Å². The maximum absolute atomic E-state index is 13.1. The van der Waals surface area contributed by atoms with E-state index in [9.17, 15) is 25.6 Å². The number of rotatable bonds is 2. The van der Waals surface area contributed by atoms with Gasteiger partial charge < -0.3 is 0 Å². The molecule has 0 atom stereocenters. The van der Waals surface area contributed by atoms with Gasteiger partial charge in [-0.3, -0.25) is 0 Å². The molecule has 90 valence electrons. The number of sulfonamides is 2. The molecule has 1 aromatic carbocycles. The van der Waals surface area contributed by atoms with Crippen LogP contribution in [0.5, 0.6) is 0 Å². The van der Waals surface area contributed by atoms with Crippen LogP contribution in [-0.2, 0) is 20.0 Å². The van der Waals surface area contributed by atoms with Gasteiger partial charge in [0.25, 0.3) is 0 Å². The minimum Gasteiger partial charge on any atom is -0.225 e. The van der Waals surface area contributed by atoms with Crippen molar-refractivity contribution in [3.63, 3.8) is 0 Å². The van der Waals surface area contributed by atoms with Gasteiger partial charge in [-0.25, -0.2) is 35.9 Å². The summed E-state index contributed by atoms with van der Waals surface area (Å²) in [7, 11) is -9.27. The summed E-state index contributed by atoms with van der Waals surface area (Å²) in [6.07, 6.45) is 0. The first kappa shape index (κ1) is 13.0. The Balaban J connectivity index is 3.87. The SMILES string of the molecule is NS(=O)(=O)c1cc(F)cc(F)c1S(N)(=O)=O. The Morgan fingerprint density at radius 3 is 1.81 bits per heavy atom. The van der Waals surface area contributed by atoms with Crippen molar-refractivity contribution in [2.24, 2.45) is 10.3 Å². The van der Waals surface area contributed by atoms with E-state index in [1.807, 2.05) is 0 Å². The zero-order valence-corrected chi connectivity index (χ0v) is 9.15. The summed E-state index contributed by atoms with van der Waals surface area (Å²) in [5.41, 5.74) is 0. The highest BCUT2D eigenvalue weighted by Crippen LogP contribution is 2.23. The molecule has 10 heteroatoms. The maximum atomic E-state index is 13.1. The summed E-state index contributed by atoms with van der Waals surface area (Å²) >= 11 is 0. The summed E-state index contributed by atoms with van der Waals surface area (Å²) in [6.45, 7) is 0. The second-order valence-electron chi connectivity index (χ2n) is 2.80. The second-order valence-corrected chi connectivity index (χ2v) is 5.83. The van der Waals surface area contributed by atoms with Crippen molar-refractivity contribution >= 4 is 20.0 Å². The van der Waals surface area contributed by atoms with Crippen LogP contribution in [0.25, 0.3) is 0 Å². The quantitative estimate of drug-likeness (QED) is 0.736. The minimum absolute atomic E-state index is 0.189. The number of primary sulfonamides is 2. The summed E-state index contributed by atoms with van der Waals surface area (Å²) in [6, 6.07) is 0.465. The van der Waals surface area contributed by atoms with Crippen molar-refractivity contribution in [2.45, 2.75) is 9.79 Å². The smallest absolute Gasteiger partial charge is 0.225 e. The first-order valence-corrected chi connectivity index (χ1v) is 6.67. The third-order valence-corrected chi connectivity index (χ3v) is 3.61. The van der Waals surface area contributed by atoms with Crippen molar-refractivity contribution in [3.05, 3.63) is 23.8 Å². The van der Waals surface area contributed by atoms with Crippen LogP contribution in [0.2, 0.25) is 0 Å². The monoisotopic (exact) mass is 272 g/mol. The number of hydrogen-bond donors (Lipinski definition) is 2. The molecule has 0 heterocycles. The van der Waals surface area contributed by atoms with Crippen molar-refractivity contribution in [1.29, 1.82) is 0 Å². The number of benzene rings is 1. The zero-order valence-electron chi connectivity index (χ0n) is 7.51. The van der Waals surface area contributed by atoms with Gasteiger partial charge in [-0.05, 0) is 6.07 Å². The second kappa shape index (κ2) is 3.73. The molecule has 0 amide bonds. The lowest BCUT2D eigenvalue weighted by molar-refractivity contribution is 0.531. The standard InChI is InChI=1S/C6H6F2N2O4S2/c7-3-1-4(8)6(16(10,13)14)5(2-3)15(9,11)12/h1-2H,(H2,9,11,12)(H2,10,13,14). The van der Waals surface area contributed by atoms with Crippen LogP contribution in [0, 0.1) is 11.6 Å². The van der Waals surface area contributed by atoms with Gasteiger partial charge in [0.2, 0.25) is 20.0 Å². The van der Waals surface area contributed by atoms with Gasteiger partial charge in [-0.15, -0.1) is 0 Å². The predicted molar refractivity (Wildman–Crippen MR) is 49.1 cm³/mol. The molecule has 0 radical (unpaired) electrons. The number of halogens is 2. The Bertz CT molecular complexity index is 639. The van der Waals surface area contributed by atoms with E-state index in [0.717, 1.165) is 0 Å². The average molecular weight is 272 g/mol. The average Bonchev–Trinajstić information content (AvgIpc) is 1.97. The van der Waals surface area contributed by atoms with E-state index >= 15 is 0 Å². The molecule has 0 saturated carbocycles. The van der Waals surface area contributed by atoms with E-state index in [1.165, 1.54) is 0 Å². The topological polar surface area (TPSA) is 120 Å². The highest BCUT2D eigenvalue weighted by Gasteiger charge is 2.27. The molecule has 0 aliphatic heterocycles. The van der Waals surface area contributed by atoms with E-state index < -0.39 is 41.5 Å². The lowest BCUT2D eigenvalue weighted by atomic mass is 10.3. The molecule has 0 aliphatic rings. The molecule has 0 aliphatic carbocycles. The van der Waals surface area contributed by atoms with E-state index in [-0.39, 0.29) is 12.1 Å². The van der Waals surface area contributed by atoms with E-state index in [4.69, 9.17) is 0 Å². The largest absolute Gasteiger partial charge is 0.242 e. The Morgan fingerprint density at radius 2 is 1.44 bits per heavy atom. The van der Waals surface area contributed by atoms with Crippen molar-refractivity contribution in [2.75, 3.05) is 0 Å². The van der Waals surface area contributed by atoms with Gasteiger partial charge in [0, 0.05) is 6.07 Å². The van der Waals surface area contributed by atoms with Crippen LogP contribution in [-0.4, -0.2) is 16.8 Å². The molecule has 0 fully saturated rings. The molecular weight excluding hydrogens is 266 g/mol. The molecule has 1 aromatic rings. The first-order chi connectivity index (χ1) is 7.03. The Labute approximate surface area is 90.0 Å². The fourth-order valence-electron chi connectivity index (χ4n) is 1.02. The molecule has 0 spiro atoms. The molecule has 0 unspecified atom stereocenters. The highest BCUT2D eigenvalue weighted by atomic mass is 32.2. The molecule has 0 bridgehead atoms. The van der Waals surface area contributed by atoms with Gasteiger partial charge in [-0.2, -0.15) is 0 Å². The lowest BCUT2D eigenvalue weighted by Crippen LogP contribution is -2.22. The van der Waals surface area contributed by atoms with Crippen LogP contribution in [0.15, 0.2) is 21.9 Å². The third-order valence-electron chi connectivity index (χ3n) is 1.57. The molecular formula is C6H6F2N2O4S2. The van der Waals surface area contributed by atoms with Crippen molar-refractivity contribution in [3.8, 4) is 0 Å². The van der Waals surface area contributed by atoms with Crippen molar-refractivity contribution in [1.82, 2.24) is 0 Å². The van der Waals surface area contributed by atoms with E-state index in [1.54, 1.807) is 0 Å². The Morgan fingerprint density at radius 1 is 0.938 bits per heavy atom. The fraction of sp³-hybridized carbons (Fsp3) is 0.